The Morgan fingerprint density at radius 2 is 1.67 bits per heavy atom. The minimum atomic E-state index is -3.05. The number of halogens is 3. The summed E-state index contributed by atoms with van der Waals surface area (Å²) in [6.07, 6.45) is -1.58. The fourth-order valence-corrected chi connectivity index (χ4v) is 6.86. The Bertz CT molecular complexity index is 2290. The van der Waals surface area contributed by atoms with Gasteiger partial charge in [-0.2, -0.15) is 0 Å². The van der Waals surface area contributed by atoms with Gasteiger partial charge in [0.05, 0.1) is 30.4 Å². The first kappa shape index (κ1) is 36.6. The third-order valence-electron chi connectivity index (χ3n) is 9.40. The molecule has 0 amide bonds. The zero-order valence-corrected chi connectivity index (χ0v) is 30.1. The monoisotopic (exact) mass is 733 g/mol. The number of nitrogens with zero attached hydrogens (tertiary/aromatic N) is 6. The maximum absolute atomic E-state index is 13.9. The summed E-state index contributed by atoms with van der Waals surface area (Å²) in [5.74, 6) is -0.722. The average molecular weight is 734 g/mol. The van der Waals surface area contributed by atoms with Crippen LogP contribution in [0.3, 0.4) is 0 Å². The van der Waals surface area contributed by atoms with Crippen LogP contribution < -0.4 is 21.3 Å². The van der Waals surface area contributed by atoms with Crippen LogP contribution in [0.5, 0.6) is 5.88 Å². The number of aryl methyl sites for hydroxylation is 1. The molecule has 5 aromatic rings. The summed E-state index contributed by atoms with van der Waals surface area (Å²) >= 11 is 7.09. The predicted octanol–water partition coefficient (Wildman–Crippen LogP) is 6.18. The smallest absolute Gasteiger partial charge is 0.332 e. The fraction of sp³-hybridized carbons (Fsp3) is 0.351. The molecule has 0 bridgehead atoms. The number of fused-ring (bicyclic) bond motifs is 1. The number of likely N-dealkylation sites (tertiary alicyclic amines) is 1. The molecule has 0 aliphatic carbocycles. The van der Waals surface area contributed by atoms with Crippen molar-refractivity contribution in [3.63, 3.8) is 0 Å². The molecule has 1 fully saturated rings. The van der Waals surface area contributed by atoms with Gasteiger partial charge in [-0.15, -0.1) is 0 Å². The van der Waals surface area contributed by atoms with Gasteiger partial charge in [0.2, 0.25) is 5.88 Å². The number of piperidine rings is 1. The Balaban J connectivity index is 1.31. The molecule has 0 radical (unpaired) electrons. The van der Waals surface area contributed by atoms with E-state index in [1.807, 2.05) is 50.2 Å². The standard InChI is InChI=1S/C37H38ClF2N7O5/c1-6-52-36(49)21-15-17-47(18-16-21)19-22-13-14-27(42-34(22)51-5)25-11-7-10-24(29(25)38)23-9-8-12-26(20(23)2)41-31-28-33(44-32(43-31)30(39)40)45(3)37(50)46(4)35(28)48/h7-14,21,30H,6,15-19H2,1-5H3,(H,41,43,44). The first-order valence-corrected chi connectivity index (χ1v) is 17.2. The number of carbonyl (C=O) groups is 1. The van der Waals surface area contributed by atoms with E-state index in [0.717, 1.165) is 46.2 Å². The van der Waals surface area contributed by atoms with Gasteiger partial charge in [0.15, 0.2) is 11.5 Å². The fourth-order valence-electron chi connectivity index (χ4n) is 6.54. The summed E-state index contributed by atoms with van der Waals surface area (Å²) in [7, 11) is 4.22. The lowest BCUT2D eigenvalue weighted by Crippen LogP contribution is -2.38. The van der Waals surface area contributed by atoms with Crippen molar-refractivity contribution in [3.05, 3.63) is 91.3 Å². The second-order valence-electron chi connectivity index (χ2n) is 12.6. The van der Waals surface area contributed by atoms with Gasteiger partial charge in [-0.05, 0) is 63.0 Å². The molecule has 1 aliphatic heterocycles. The Labute approximate surface area is 303 Å². The lowest BCUT2D eigenvalue weighted by Gasteiger charge is -2.31. The lowest BCUT2D eigenvalue weighted by molar-refractivity contribution is -0.149. The summed E-state index contributed by atoms with van der Waals surface area (Å²) in [5.41, 5.74) is 3.14. The van der Waals surface area contributed by atoms with Crippen molar-refractivity contribution in [1.82, 2.24) is 29.0 Å². The third-order valence-corrected chi connectivity index (χ3v) is 9.81. The zero-order valence-electron chi connectivity index (χ0n) is 29.4. The molecule has 0 atom stereocenters. The van der Waals surface area contributed by atoms with Gasteiger partial charge < -0.3 is 14.8 Å². The number of esters is 1. The molecule has 0 unspecified atom stereocenters. The van der Waals surface area contributed by atoms with Gasteiger partial charge in [0.1, 0.15) is 11.2 Å². The van der Waals surface area contributed by atoms with Crippen LogP contribution in [0.25, 0.3) is 33.4 Å². The molecule has 6 rings (SSSR count). The van der Waals surface area contributed by atoms with Gasteiger partial charge in [-0.3, -0.25) is 23.6 Å². The summed E-state index contributed by atoms with van der Waals surface area (Å²) in [4.78, 5) is 52.8. The number of pyridine rings is 1. The van der Waals surface area contributed by atoms with E-state index >= 15 is 0 Å². The van der Waals surface area contributed by atoms with Gasteiger partial charge in [-0.25, -0.2) is 28.5 Å². The lowest BCUT2D eigenvalue weighted by atomic mass is 9.96. The highest BCUT2D eigenvalue weighted by Gasteiger charge is 2.27. The number of methoxy groups -OCH3 is 1. The maximum Gasteiger partial charge on any atom is 0.332 e. The molecule has 272 valence electrons. The molecular formula is C37H38ClF2N7O5. The van der Waals surface area contributed by atoms with Gasteiger partial charge >= 0.3 is 11.7 Å². The number of anilines is 2. The van der Waals surface area contributed by atoms with E-state index in [4.69, 9.17) is 26.1 Å². The van der Waals surface area contributed by atoms with Crippen molar-refractivity contribution >= 4 is 40.1 Å². The van der Waals surface area contributed by atoms with Crippen LogP contribution in [-0.2, 0) is 30.2 Å². The number of nitrogens with one attached hydrogen (secondary N) is 1. The van der Waals surface area contributed by atoms with E-state index < -0.39 is 23.5 Å². The number of ether oxygens (including phenoxy) is 2. The van der Waals surface area contributed by atoms with Crippen molar-refractivity contribution in [2.45, 2.75) is 39.7 Å². The highest BCUT2D eigenvalue weighted by molar-refractivity contribution is 6.36. The number of aromatic nitrogens is 5. The molecular weight excluding hydrogens is 696 g/mol. The minimum absolute atomic E-state index is 0.0794. The van der Waals surface area contributed by atoms with E-state index in [2.05, 4.69) is 20.2 Å². The topological polar surface area (TPSA) is 133 Å². The van der Waals surface area contributed by atoms with Crippen LogP contribution in [0.2, 0.25) is 5.02 Å². The number of hydrogen-bond acceptors (Lipinski definition) is 10. The number of alkyl halides is 2. The van der Waals surface area contributed by atoms with E-state index in [-0.39, 0.29) is 28.7 Å². The molecule has 3 aromatic heterocycles. The third kappa shape index (κ3) is 7.00. The number of carbonyl (C=O) groups excluding carboxylic acids is 1. The van der Waals surface area contributed by atoms with E-state index in [1.54, 1.807) is 19.2 Å². The second-order valence-corrected chi connectivity index (χ2v) is 13.0. The predicted molar refractivity (Wildman–Crippen MR) is 194 cm³/mol. The van der Waals surface area contributed by atoms with Crippen molar-refractivity contribution in [3.8, 4) is 28.3 Å². The van der Waals surface area contributed by atoms with Crippen molar-refractivity contribution in [1.29, 1.82) is 0 Å². The van der Waals surface area contributed by atoms with Crippen LogP contribution in [0.1, 0.15) is 43.1 Å². The van der Waals surface area contributed by atoms with Gasteiger partial charge in [0, 0.05) is 43.0 Å². The number of hydrogen-bond donors (Lipinski definition) is 1. The van der Waals surface area contributed by atoms with Crippen LogP contribution in [0.15, 0.2) is 58.1 Å². The molecule has 1 N–H and O–H groups in total. The Kier molecular flexibility index (Phi) is 10.7. The van der Waals surface area contributed by atoms with E-state index in [9.17, 15) is 23.2 Å². The normalized spacial score (nSPS) is 13.9. The quantitative estimate of drug-likeness (QED) is 0.166. The average Bonchev–Trinajstić information content (AvgIpc) is 3.14. The highest BCUT2D eigenvalue weighted by atomic mass is 35.5. The number of rotatable bonds is 10. The van der Waals surface area contributed by atoms with Crippen LogP contribution in [0.4, 0.5) is 20.3 Å². The van der Waals surface area contributed by atoms with Crippen LogP contribution >= 0.6 is 11.6 Å². The second kappa shape index (κ2) is 15.2. The molecule has 4 heterocycles. The molecule has 2 aromatic carbocycles. The molecule has 0 spiro atoms. The van der Waals surface area contributed by atoms with Crippen molar-refractivity contribution in [2.75, 3.05) is 32.1 Å². The first-order valence-electron chi connectivity index (χ1n) is 16.8. The number of benzene rings is 2. The Morgan fingerprint density at radius 1 is 0.981 bits per heavy atom. The SMILES string of the molecule is CCOC(=O)C1CCN(Cc2ccc(-c3cccc(-c4cccc(Nc5nc(C(F)F)nc6c5c(=O)n(C)c(=O)n6C)c4C)c3Cl)nc2OC)CC1. The van der Waals surface area contributed by atoms with Crippen molar-refractivity contribution in [2.24, 2.45) is 20.0 Å². The first-order chi connectivity index (χ1) is 24.9. The summed E-state index contributed by atoms with van der Waals surface area (Å²) < 4.78 is 40.6. The molecule has 0 saturated carbocycles. The maximum atomic E-state index is 13.9. The Morgan fingerprint density at radius 3 is 2.37 bits per heavy atom. The molecule has 12 nitrogen and oxygen atoms in total. The summed E-state index contributed by atoms with van der Waals surface area (Å²) in [6.45, 7) is 6.15. The van der Waals surface area contributed by atoms with Gasteiger partial charge in [0.25, 0.3) is 12.0 Å². The van der Waals surface area contributed by atoms with Gasteiger partial charge in [-0.1, -0.05) is 48.0 Å². The summed E-state index contributed by atoms with van der Waals surface area (Å²) in [6, 6.07) is 14.8. The molecule has 15 heteroatoms. The largest absolute Gasteiger partial charge is 0.481 e. The molecule has 52 heavy (non-hydrogen) atoms. The van der Waals surface area contributed by atoms with E-state index in [1.165, 1.54) is 14.1 Å². The molecule has 1 aliphatic rings. The summed E-state index contributed by atoms with van der Waals surface area (Å²) in [5, 5.41) is 3.38. The highest BCUT2D eigenvalue weighted by Crippen LogP contribution is 2.40. The van der Waals surface area contributed by atoms with E-state index in [0.29, 0.717) is 52.1 Å². The Hall–Kier alpha value is -5.21. The van der Waals surface area contributed by atoms with Crippen LogP contribution in [-0.4, -0.2) is 61.8 Å². The molecule has 1 saturated heterocycles. The minimum Gasteiger partial charge on any atom is -0.481 e. The van der Waals surface area contributed by atoms with Crippen LogP contribution in [0, 0.1) is 12.8 Å². The zero-order chi connectivity index (χ0) is 37.3. The van der Waals surface area contributed by atoms with Crippen molar-refractivity contribution < 1.29 is 23.0 Å².